The highest BCUT2D eigenvalue weighted by atomic mass is 35.5. The van der Waals surface area contributed by atoms with Crippen LogP contribution in [-0.2, 0) is 6.42 Å². The second-order valence-electron chi connectivity index (χ2n) is 3.85. The van der Waals surface area contributed by atoms with E-state index >= 15 is 0 Å². The largest absolute Gasteiger partial charge is 0.398 e. The van der Waals surface area contributed by atoms with E-state index in [2.05, 4.69) is 4.98 Å². The Kier molecular flexibility index (Phi) is 3.61. The van der Waals surface area contributed by atoms with Crippen LogP contribution in [0, 0.1) is 0 Å². The molecule has 4 heteroatoms. The van der Waals surface area contributed by atoms with Gasteiger partial charge in [0.15, 0.2) is 0 Å². The Balaban J connectivity index is 2.17. The number of aliphatic hydroxyl groups excluding tert-OH is 1. The molecule has 0 aliphatic rings. The third kappa shape index (κ3) is 2.96. The lowest BCUT2D eigenvalue weighted by Crippen LogP contribution is -2.05. The minimum Gasteiger partial charge on any atom is -0.398 e. The molecule has 0 aliphatic carbocycles. The summed E-state index contributed by atoms with van der Waals surface area (Å²) in [4.78, 5) is 3.96. The van der Waals surface area contributed by atoms with Crippen LogP contribution in [0.2, 0.25) is 5.02 Å². The molecule has 1 heterocycles. The smallest absolute Gasteiger partial charge is 0.0865 e. The van der Waals surface area contributed by atoms with Gasteiger partial charge >= 0.3 is 0 Å². The molecule has 0 amide bonds. The number of hydrogen-bond acceptors (Lipinski definition) is 3. The molecule has 1 unspecified atom stereocenters. The Labute approximate surface area is 105 Å². The molecule has 2 rings (SSSR count). The number of pyridine rings is 1. The van der Waals surface area contributed by atoms with Crippen molar-refractivity contribution in [2.75, 3.05) is 5.73 Å². The highest BCUT2D eigenvalue weighted by molar-refractivity contribution is 6.30. The summed E-state index contributed by atoms with van der Waals surface area (Å²) in [5, 5.41) is 10.7. The summed E-state index contributed by atoms with van der Waals surface area (Å²) in [6.45, 7) is 0. The van der Waals surface area contributed by atoms with Gasteiger partial charge in [-0.15, -0.1) is 0 Å². The van der Waals surface area contributed by atoms with Gasteiger partial charge < -0.3 is 10.8 Å². The number of hydrogen-bond donors (Lipinski definition) is 2. The lowest BCUT2D eigenvalue weighted by atomic mass is 10.0. The molecule has 0 radical (unpaired) electrons. The van der Waals surface area contributed by atoms with E-state index in [0.717, 1.165) is 5.56 Å². The van der Waals surface area contributed by atoms with E-state index in [4.69, 9.17) is 17.3 Å². The van der Waals surface area contributed by atoms with Crippen LogP contribution in [-0.4, -0.2) is 10.1 Å². The Bertz CT molecular complexity index is 516. The first-order chi connectivity index (χ1) is 8.16. The summed E-state index contributed by atoms with van der Waals surface area (Å²) in [6, 6.07) is 9.09. The fourth-order valence-corrected chi connectivity index (χ4v) is 1.91. The van der Waals surface area contributed by atoms with Gasteiger partial charge in [-0.3, -0.25) is 4.98 Å². The highest BCUT2D eigenvalue weighted by Crippen LogP contribution is 2.23. The summed E-state index contributed by atoms with van der Waals surface area (Å²) in [6.07, 6.45) is 2.99. The summed E-state index contributed by atoms with van der Waals surface area (Å²) in [7, 11) is 0. The normalized spacial score (nSPS) is 12.4. The SMILES string of the molecule is Nc1ccncc1C(O)Cc1cccc(Cl)c1. The van der Waals surface area contributed by atoms with E-state index < -0.39 is 6.10 Å². The fourth-order valence-electron chi connectivity index (χ4n) is 1.69. The van der Waals surface area contributed by atoms with Crippen LogP contribution in [0.15, 0.2) is 42.7 Å². The first-order valence-corrected chi connectivity index (χ1v) is 5.66. The predicted molar refractivity (Wildman–Crippen MR) is 68.8 cm³/mol. The van der Waals surface area contributed by atoms with Gasteiger partial charge in [0.25, 0.3) is 0 Å². The molecule has 17 heavy (non-hydrogen) atoms. The quantitative estimate of drug-likeness (QED) is 0.878. The van der Waals surface area contributed by atoms with Gasteiger partial charge in [0.2, 0.25) is 0 Å². The highest BCUT2D eigenvalue weighted by Gasteiger charge is 2.11. The number of anilines is 1. The molecular formula is C13H13ClN2O. The van der Waals surface area contributed by atoms with Gasteiger partial charge in [-0.25, -0.2) is 0 Å². The van der Waals surface area contributed by atoms with Gasteiger partial charge in [0, 0.05) is 35.1 Å². The zero-order chi connectivity index (χ0) is 12.3. The number of halogens is 1. The zero-order valence-corrected chi connectivity index (χ0v) is 9.93. The molecule has 0 saturated heterocycles. The van der Waals surface area contributed by atoms with Crippen molar-refractivity contribution in [3.05, 3.63) is 58.9 Å². The molecule has 1 atom stereocenters. The molecular weight excluding hydrogens is 236 g/mol. The number of aliphatic hydroxyl groups is 1. The molecule has 2 aromatic rings. The molecule has 1 aromatic carbocycles. The fraction of sp³-hybridized carbons (Fsp3) is 0.154. The summed E-state index contributed by atoms with van der Waals surface area (Å²) in [5.74, 6) is 0. The van der Waals surface area contributed by atoms with Crippen LogP contribution < -0.4 is 5.73 Å². The number of nitrogens with two attached hydrogens (primary N) is 1. The van der Waals surface area contributed by atoms with Crippen molar-refractivity contribution in [1.82, 2.24) is 4.98 Å². The van der Waals surface area contributed by atoms with Gasteiger partial charge in [-0.1, -0.05) is 23.7 Å². The van der Waals surface area contributed by atoms with Crippen LogP contribution in [0.1, 0.15) is 17.2 Å². The zero-order valence-electron chi connectivity index (χ0n) is 9.18. The van der Waals surface area contributed by atoms with Crippen LogP contribution in [0.3, 0.4) is 0 Å². The van der Waals surface area contributed by atoms with Gasteiger partial charge in [-0.05, 0) is 23.8 Å². The number of nitrogens with zero attached hydrogens (tertiary/aromatic N) is 1. The van der Waals surface area contributed by atoms with Crippen molar-refractivity contribution in [1.29, 1.82) is 0 Å². The standard InChI is InChI=1S/C13H13ClN2O/c14-10-3-1-2-9(6-10)7-13(17)11-8-16-5-4-12(11)15/h1-6,8,13,17H,7H2,(H2,15,16). The second-order valence-corrected chi connectivity index (χ2v) is 4.29. The van der Waals surface area contributed by atoms with E-state index in [1.54, 1.807) is 24.5 Å². The van der Waals surface area contributed by atoms with Crippen molar-refractivity contribution in [3.63, 3.8) is 0 Å². The van der Waals surface area contributed by atoms with Crippen molar-refractivity contribution < 1.29 is 5.11 Å². The van der Waals surface area contributed by atoms with Crippen molar-refractivity contribution in [3.8, 4) is 0 Å². The maximum atomic E-state index is 10.1. The number of benzene rings is 1. The van der Waals surface area contributed by atoms with Gasteiger partial charge in [0.05, 0.1) is 6.10 Å². The van der Waals surface area contributed by atoms with Crippen molar-refractivity contribution >= 4 is 17.3 Å². The maximum Gasteiger partial charge on any atom is 0.0865 e. The van der Waals surface area contributed by atoms with Crippen molar-refractivity contribution in [2.24, 2.45) is 0 Å². The predicted octanol–water partition coefficient (Wildman–Crippen LogP) is 2.59. The Morgan fingerprint density at radius 2 is 2.18 bits per heavy atom. The lowest BCUT2D eigenvalue weighted by Gasteiger charge is -2.12. The molecule has 0 aliphatic heterocycles. The Morgan fingerprint density at radius 3 is 2.88 bits per heavy atom. The van der Waals surface area contributed by atoms with Crippen LogP contribution in [0.5, 0.6) is 0 Å². The average Bonchev–Trinajstić information content (AvgIpc) is 2.29. The van der Waals surface area contributed by atoms with Crippen molar-refractivity contribution in [2.45, 2.75) is 12.5 Å². The third-order valence-corrected chi connectivity index (χ3v) is 2.80. The van der Waals surface area contributed by atoms with E-state index in [0.29, 0.717) is 22.7 Å². The average molecular weight is 249 g/mol. The number of aromatic nitrogens is 1. The maximum absolute atomic E-state index is 10.1. The number of nitrogen functional groups attached to an aromatic ring is 1. The summed E-state index contributed by atoms with van der Waals surface area (Å²) < 4.78 is 0. The molecule has 0 saturated carbocycles. The minimum atomic E-state index is -0.665. The van der Waals surface area contributed by atoms with E-state index in [-0.39, 0.29) is 0 Å². The van der Waals surface area contributed by atoms with Gasteiger partial charge in [-0.2, -0.15) is 0 Å². The second kappa shape index (κ2) is 5.17. The van der Waals surface area contributed by atoms with Gasteiger partial charge in [0.1, 0.15) is 0 Å². The molecule has 88 valence electrons. The van der Waals surface area contributed by atoms with E-state index in [9.17, 15) is 5.11 Å². The van der Waals surface area contributed by atoms with E-state index in [1.165, 1.54) is 0 Å². The monoisotopic (exact) mass is 248 g/mol. The molecule has 0 bridgehead atoms. The first-order valence-electron chi connectivity index (χ1n) is 5.28. The summed E-state index contributed by atoms with van der Waals surface area (Å²) in [5.41, 5.74) is 7.94. The van der Waals surface area contributed by atoms with Crippen LogP contribution in [0.25, 0.3) is 0 Å². The summed E-state index contributed by atoms with van der Waals surface area (Å²) >= 11 is 5.89. The molecule has 1 aromatic heterocycles. The Morgan fingerprint density at radius 1 is 1.35 bits per heavy atom. The number of rotatable bonds is 3. The minimum absolute atomic E-state index is 0.469. The molecule has 3 N–H and O–H groups in total. The van der Waals surface area contributed by atoms with Crippen LogP contribution in [0.4, 0.5) is 5.69 Å². The third-order valence-electron chi connectivity index (χ3n) is 2.56. The molecule has 3 nitrogen and oxygen atoms in total. The van der Waals surface area contributed by atoms with E-state index in [1.807, 2.05) is 18.2 Å². The molecule has 0 spiro atoms. The first kappa shape index (κ1) is 11.9. The van der Waals surface area contributed by atoms with Crippen LogP contribution >= 0.6 is 11.6 Å². The lowest BCUT2D eigenvalue weighted by molar-refractivity contribution is 0.179. The molecule has 0 fully saturated rings. The Hall–Kier alpha value is -1.58. The topological polar surface area (TPSA) is 59.1 Å².